The molecule has 1 aliphatic rings. The summed E-state index contributed by atoms with van der Waals surface area (Å²) in [6.07, 6.45) is -0.0627. The molecule has 0 aliphatic carbocycles. The lowest BCUT2D eigenvalue weighted by atomic mass is 9.97. The molecule has 0 radical (unpaired) electrons. The molecule has 3 aromatic rings. The van der Waals surface area contributed by atoms with Gasteiger partial charge in [-0.2, -0.15) is 0 Å². The third-order valence-electron chi connectivity index (χ3n) is 6.66. The van der Waals surface area contributed by atoms with E-state index in [4.69, 9.17) is 9.47 Å². The van der Waals surface area contributed by atoms with Crippen LogP contribution in [0.25, 0.3) is 11.1 Å². The first-order valence-electron chi connectivity index (χ1n) is 14.3. The summed E-state index contributed by atoms with van der Waals surface area (Å²) in [6.45, 7) is 12.4. The van der Waals surface area contributed by atoms with Crippen LogP contribution in [-0.2, 0) is 15.9 Å². The van der Waals surface area contributed by atoms with Crippen LogP contribution in [-0.4, -0.2) is 48.3 Å². The summed E-state index contributed by atoms with van der Waals surface area (Å²) in [4.78, 5) is 40.3. The van der Waals surface area contributed by atoms with Crippen LogP contribution in [0.4, 0.5) is 21.0 Å². The number of carbonyl (C=O) groups excluding carboxylic acids is 3. The average Bonchev–Trinajstić information content (AvgIpc) is 3.36. The molecule has 3 aromatic carbocycles. The second-order valence-corrected chi connectivity index (χ2v) is 12.6. The molecular weight excluding hydrogens is 530 g/mol. The number of benzene rings is 3. The predicted molar refractivity (Wildman–Crippen MR) is 166 cm³/mol. The van der Waals surface area contributed by atoms with Crippen molar-refractivity contribution in [3.8, 4) is 11.1 Å². The van der Waals surface area contributed by atoms with Crippen molar-refractivity contribution in [1.82, 2.24) is 5.32 Å². The largest absolute Gasteiger partial charge is 0.444 e. The average molecular weight is 572 g/mol. The van der Waals surface area contributed by atoms with E-state index in [-0.39, 0.29) is 18.2 Å². The van der Waals surface area contributed by atoms with Gasteiger partial charge in [0.2, 0.25) is 0 Å². The quantitative estimate of drug-likeness (QED) is 0.291. The van der Waals surface area contributed by atoms with Crippen LogP contribution in [0.15, 0.2) is 72.8 Å². The molecule has 1 fully saturated rings. The zero-order valence-corrected chi connectivity index (χ0v) is 25.3. The maximum Gasteiger partial charge on any atom is 0.412 e. The Morgan fingerprint density at radius 2 is 1.45 bits per heavy atom. The maximum absolute atomic E-state index is 13.4. The van der Waals surface area contributed by atoms with Crippen molar-refractivity contribution in [3.05, 3.63) is 83.9 Å². The van der Waals surface area contributed by atoms with Gasteiger partial charge in [-0.15, -0.1) is 0 Å². The molecule has 0 unspecified atom stereocenters. The smallest absolute Gasteiger partial charge is 0.412 e. The Hall–Kier alpha value is -4.33. The summed E-state index contributed by atoms with van der Waals surface area (Å²) in [5.74, 6) is -0.0649. The van der Waals surface area contributed by atoms with Gasteiger partial charge in [-0.05, 0) is 101 Å². The number of ether oxygens (including phenoxy) is 2. The fraction of sp³-hybridized carbons (Fsp3) is 0.382. The molecule has 0 saturated carbocycles. The number of rotatable bonds is 7. The Kier molecular flexibility index (Phi) is 9.24. The van der Waals surface area contributed by atoms with Crippen molar-refractivity contribution < 1.29 is 23.9 Å². The number of anilines is 2. The van der Waals surface area contributed by atoms with E-state index < -0.39 is 23.4 Å². The van der Waals surface area contributed by atoms with E-state index in [1.165, 1.54) is 0 Å². The highest BCUT2D eigenvalue weighted by Gasteiger charge is 2.26. The van der Waals surface area contributed by atoms with E-state index in [0.717, 1.165) is 29.8 Å². The molecule has 2 amide bonds. The van der Waals surface area contributed by atoms with E-state index in [9.17, 15) is 14.4 Å². The minimum atomic E-state index is -0.646. The fourth-order valence-corrected chi connectivity index (χ4v) is 4.81. The summed E-state index contributed by atoms with van der Waals surface area (Å²) in [7, 11) is 0. The number of nitrogens with zero attached hydrogens (tertiary/aromatic N) is 1. The van der Waals surface area contributed by atoms with E-state index in [0.29, 0.717) is 23.4 Å². The normalized spacial score (nSPS) is 15.2. The molecule has 1 aliphatic heterocycles. The summed E-state index contributed by atoms with van der Waals surface area (Å²) in [5, 5.41) is 5.76. The lowest BCUT2D eigenvalue weighted by Gasteiger charge is -2.22. The number of nitrogens with one attached hydrogen (secondary N) is 2. The minimum absolute atomic E-state index is 0.00561. The number of hydrogen-bond acceptors (Lipinski definition) is 6. The molecule has 0 spiro atoms. The van der Waals surface area contributed by atoms with Crippen LogP contribution in [0.2, 0.25) is 0 Å². The Bertz CT molecular complexity index is 1410. The second-order valence-electron chi connectivity index (χ2n) is 12.6. The molecule has 8 nitrogen and oxygen atoms in total. The van der Waals surface area contributed by atoms with Crippen LogP contribution in [0.3, 0.4) is 0 Å². The van der Waals surface area contributed by atoms with Gasteiger partial charge in [0.05, 0.1) is 6.04 Å². The van der Waals surface area contributed by atoms with Crippen LogP contribution in [0, 0.1) is 0 Å². The van der Waals surface area contributed by atoms with Gasteiger partial charge in [-0.25, -0.2) is 9.59 Å². The Labute approximate surface area is 248 Å². The van der Waals surface area contributed by atoms with Gasteiger partial charge in [0.15, 0.2) is 5.78 Å². The molecule has 1 heterocycles. The molecule has 1 saturated heterocycles. The molecular formula is C34H41N3O5. The summed E-state index contributed by atoms with van der Waals surface area (Å²) < 4.78 is 10.8. The summed E-state index contributed by atoms with van der Waals surface area (Å²) >= 11 is 0. The predicted octanol–water partition coefficient (Wildman–Crippen LogP) is 7.23. The zero-order chi connectivity index (χ0) is 30.5. The first-order valence-corrected chi connectivity index (χ1v) is 14.3. The van der Waals surface area contributed by atoms with Crippen LogP contribution in [0.5, 0.6) is 0 Å². The van der Waals surface area contributed by atoms with Crippen LogP contribution >= 0.6 is 0 Å². The minimum Gasteiger partial charge on any atom is -0.444 e. The van der Waals surface area contributed by atoms with Gasteiger partial charge in [-0.1, -0.05) is 36.4 Å². The van der Waals surface area contributed by atoms with Gasteiger partial charge >= 0.3 is 12.2 Å². The number of hydrogen-bond donors (Lipinski definition) is 2. The van der Waals surface area contributed by atoms with Crippen molar-refractivity contribution in [2.75, 3.05) is 23.3 Å². The number of carbonyl (C=O) groups is 3. The number of ketones is 1. The lowest BCUT2D eigenvalue weighted by molar-refractivity contribution is 0.0507. The molecule has 0 aromatic heterocycles. The number of alkyl carbamates (subject to hydrolysis) is 1. The molecule has 8 heteroatoms. The molecule has 222 valence electrons. The van der Waals surface area contributed by atoms with Gasteiger partial charge in [0.25, 0.3) is 0 Å². The molecule has 1 atom stereocenters. The molecule has 42 heavy (non-hydrogen) atoms. The first kappa shape index (κ1) is 30.6. The van der Waals surface area contributed by atoms with Gasteiger partial charge in [0, 0.05) is 36.4 Å². The van der Waals surface area contributed by atoms with Gasteiger partial charge in [-0.3, -0.25) is 10.1 Å². The Morgan fingerprint density at radius 1 is 0.810 bits per heavy atom. The Morgan fingerprint density at radius 3 is 2.10 bits per heavy atom. The molecule has 4 rings (SSSR count). The highest BCUT2D eigenvalue weighted by atomic mass is 16.6. The highest BCUT2D eigenvalue weighted by Crippen LogP contribution is 2.28. The number of Topliss-reactive ketones (excluding diaryl/α,β-unsaturated/α-hetero) is 1. The maximum atomic E-state index is 13.4. The number of amides is 2. The topological polar surface area (TPSA) is 97.0 Å². The highest BCUT2D eigenvalue weighted by molar-refractivity contribution is 5.99. The standard InChI is InChI=1S/C34H41N3O5/c1-33(2,3)41-31(39)35-27-18-19-37(22-27)28-15-12-24(13-16-28)30(38)21-26-20-25(23-10-8-7-9-11-23)14-17-29(26)36-32(40)42-34(4,5)6/h7-17,20,27H,18-19,21-22H2,1-6H3,(H,35,39)(H,36,40)/t27-/m0/s1. The molecule has 2 N–H and O–H groups in total. The SMILES string of the molecule is CC(C)(C)OC(=O)Nc1ccc(-c2ccccc2)cc1CC(=O)c1ccc(N2CC[C@H](NC(=O)OC(C)(C)C)C2)cc1. The summed E-state index contributed by atoms with van der Waals surface area (Å²) in [6, 6.07) is 23.1. The van der Waals surface area contributed by atoms with E-state index in [2.05, 4.69) is 15.5 Å². The van der Waals surface area contributed by atoms with Crippen LogP contribution < -0.4 is 15.5 Å². The van der Waals surface area contributed by atoms with Crippen molar-refractivity contribution >= 4 is 29.3 Å². The zero-order valence-electron chi connectivity index (χ0n) is 25.3. The van der Waals surface area contributed by atoms with E-state index in [1.807, 2.05) is 93.6 Å². The summed E-state index contributed by atoms with van der Waals surface area (Å²) in [5.41, 5.74) is 3.58. The third-order valence-corrected chi connectivity index (χ3v) is 6.66. The third kappa shape index (κ3) is 8.83. The van der Waals surface area contributed by atoms with Gasteiger partial charge < -0.3 is 19.7 Å². The first-order chi connectivity index (χ1) is 19.8. The van der Waals surface area contributed by atoms with Crippen molar-refractivity contribution in [2.45, 2.75) is 71.6 Å². The monoisotopic (exact) mass is 571 g/mol. The second kappa shape index (κ2) is 12.7. The van der Waals surface area contributed by atoms with Gasteiger partial charge in [0.1, 0.15) is 11.2 Å². The van der Waals surface area contributed by atoms with Crippen molar-refractivity contribution in [3.63, 3.8) is 0 Å². The van der Waals surface area contributed by atoms with E-state index >= 15 is 0 Å². The Balaban J connectivity index is 1.46. The van der Waals surface area contributed by atoms with Crippen LogP contribution in [0.1, 0.15) is 63.9 Å². The van der Waals surface area contributed by atoms with Crippen molar-refractivity contribution in [2.24, 2.45) is 0 Å². The lowest BCUT2D eigenvalue weighted by Crippen LogP contribution is -2.40. The molecule has 0 bridgehead atoms. The van der Waals surface area contributed by atoms with Crippen molar-refractivity contribution in [1.29, 1.82) is 0 Å². The van der Waals surface area contributed by atoms with E-state index in [1.54, 1.807) is 20.8 Å². The fourth-order valence-electron chi connectivity index (χ4n) is 4.81.